The largest absolute Gasteiger partial charge is 0.486 e. The Balaban J connectivity index is 1.57. The number of rotatable bonds is 5. The summed E-state index contributed by atoms with van der Waals surface area (Å²) in [5.41, 5.74) is 8.21. The lowest BCUT2D eigenvalue weighted by molar-refractivity contribution is -0.281. The lowest BCUT2D eigenvalue weighted by Gasteiger charge is -2.66. The smallest absolute Gasteiger partial charge is 0.283 e. The molecule has 1 saturated heterocycles. The molecule has 0 amide bonds. The van der Waals surface area contributed by atoms with Gasteiger partial charge in [-0.15, -0.1) is 0 Å². The number of hydrogen-bond donors (Lipinski definition) is 2. The van der Waals surface area contributed by atoms with E-state index in [1.165, 1.54) is 0 Å². The molecule has 1 aromatic rings. The molecule has 2 fully saturated rings. The zero-order valence-corrected chi connectivity index (χ0v) is 18.4. The van der Waals surface area contributed by atoms with Gasteiger partial charge in [0.15, 0.2) is 0 Å². The third kappa shape index (κ3) is 2.80. The predicted octanol–water partition coefficient (Wildman–Crippen LogP) is 4.23. The average Bonchev–Trinajstić information content (AvgIpc) is 3.07. The van der Waals surface area contributed by atoms with Gasteiger partial charge in [0.05, 0.1) is 24.3 Å². The molecule has 1 atom stereocenters. The van der Waals surface area contributed by atoms with Crippen molar-refractivity contribution in [2.45, 2.75) is 57.1 Å². The maximum atomic E-state index is 8.67. The highest BCUT2D eigenvalue weighted by atomic mass is 16.5. The first-order chi connectivity index (χ1) is 15.0. The topological polar surface area (TPSA) is 89.9 Å². The van der Waals surface area contributed by atoms with E-state index >= 15 is 0 Å². The number of nitrogens with one attached hydrogen (secondary N) is 1. The summed E-state index contributed by atoms with van der Waals surface area (Å²) < 4.78 is 18.2. The second kappa shape index (κ2) is 7.23. The minimum atomic E-state index is -0.626. The first-order valence-electron chi connectivity index (χ1n) is 11.3. The summed E-state index contributed by atoms with van der Waals surface area (Å²) in [6.07, 6.45) is 11.4. The standard InChI is InChI=1S/C25H31N3O3/c1-3-4-5-7-17(2)12-20(26)18-8-9-21-19(13-18)25(16-30-22(27)28-25)23(14-29-15-23)24(31-21)10-6-11-24/h5,7-9,12-13,26H,3-4,6,10-11,14-16H2,1-2H3,(H2,27,28)/b7-5+,17-12-,26-20?. The van der Waals surface area contributed by atoms with Crippen LogP contribution in [0.4, 0.5) is 0 Å². The highest BCUT2D eigenvalue weighted by molar-refractivity contribution is 6.07. The van der Waals surface area contributed by atoms with Crippen LogP contribution in [0.25, 0.3) is 0 Å². The molecule has 3 heterocycles. The van der Waals surface area contributed by atoms with Gasteiger partial charge in [0, 0.05) is 11.1 Å². The fourth-order valence-electron chi connectivity index (χ4n) is 5.55. The summed E-state index contributed by atoms with van der Waals surface area (Å²) in [5.74, 6) is 0.833. The summed E-state index contributed by atoms with van der Waals surface area (Å²) in [6.45, 7) is 5.77. The molecule has 1 aliphatic carbocycles. The SMILES string of the molecule is CCC/C=C/C(C)=C\C(=N)c1ccc2c(c1)C1(COC(N)=N1)C1(COC1)C1(CCC1)O2. The molecule has 0 aromatic heterocycles. The van der Waals surface area contributed by atoms with Crippen LogP contribution in [0, 0.1) is 10.8 Å². The molecule has 4 aliphatic rings. The van der Waals surface area contributed by atoms with Crippen molar-refractivity contribution in [3.05, 3.63) is 53.1 Å². The van der Waals surface area contributed by atoms with E-state index in [1.807, 2.05) is 31.2 Å². The third-order valence-corrected chi connectivity index (χ3v) is 7.50. The van der Waals surface area contributed by atoms with Gasteiger partial charge in [0.25, 0.3) is 6.02 Å². The second-order valence-electron chi connectivity index (χ2n) is 9.33. The Bertz CT molecular complexity index is 1000. The molecule has 5 rings (SSSR count). The van der Waals surface area contributed by atoms with E-state index in [2.05, 4.69) is 19.1 Å². The molecule has 3 spiro atoms. The Morgan fingerprint density at radius 2 is 2.06 bits per heavy atom. The van der Waals surface area contributed by atoms with Gasteiger partial charge in [-0.2, -0.15) is 0 Å². The van der Waals surface area contributed by atoms with Gasteiger partial charge in [-0.1, -0.05) is 25.5 Å². The number of fused-ring (bicyclic) bond motifs is 4. The maximum absolute atomic E-state index is 8.67. The van der Waals surface area contributed by atoms with Crippen LogP contribution in [0.1, 0.15) is 57.1 Å². The Hall–Kier alpha value is -2.60. The monoisotopic (exact) mass is 421 g/mol. The number of aliphatic imine (C=N–C) groups is 1. The minimum Gasteiger partial charge on any atom is -0.486 e. The molecular formula is C25H31N3O3. The van der Waals surface area contributed by atoms with Gasteiger partial charge in [0.1, 0.15) is 23.5 Å². The summed E-state index contributed by atoms with van der Waals surface area (Å²) in [4.78, 5) is 4.90. The first-order valence-corrected chi connectivity index (χ1v) is 11.3. The van der Waals surface area contributed by atoms with E-state index in [1.54, 1.807) is 0 Å². The molecule has 0 bridgehead atoms. The average molecular weight is 422 g/mol. The zero-order chi connectivity index (χ0) is 21.7. The van der Waals surface area contributed by atoms with E-state index in [-0.39, 0.29) is 17.0 Å². The zero-order valence-electron chi connectivity index (χ0n) is 18.4. The van der Waals surface area contributed by atoms with Crippen molar-refractivity contribution in [3.63, 3.8) is 0 Å². The van der Waals surface area contributed by atoms with Gasteiger partial charge in [-0.3, -0.25) is 0 Å². The lowest BCUT2D eigenvalue weighted by Crippen LogP contribution is -2.75. The Morgan fingerprint density at radius 3 is 2.65 bits per heavy atom. The van der Waals surface area contributed by atoms with Crippen LogP contribution in [-0.2, 0) is 15.0 Å². The van der Waals surface area contributed by atoms with E-state index in [4.69, 9.17) is 30.3 Å². The number of amidine groups is 1. The molecule has 1 aromatic carbocycles. The summed E-state index contributed by atoms with van der Waals surface area (Å²) in [7, 11) is 0. The molecule has 0 radical (unpaired) electrons. The Labute approximate surface area is 183 Å². The number of benzene rings is 1. The van der Waals surface area contributed by atoms with Crippen molar-refractivity contribution in [3.8, 4) is 5.75 Å². The van der Waals surface area contributed by atoms with Gasteiger partial charge >= 0.3 is 0 Å². The van der Waals surface area contributed by atoms with Gasteiger partial charge < -0.3 is 25.4 Å². The van der Waals surface area contributed by atoms with Crippen LogP contribution < -0.4 is 10.5 Å². The van der Waals surface area contributed by atoms with Crippen LogP contribution in [0.3, 0.4) is 0 Å². The molecule has 31 heavy (non-hydrogen) atoms. The summed E-state index contributed by atoms with van der Waals surface area (Å²) in [5, 5.41) is 8.67. The highest BCUT2D eigenvalue weighted by Crippen LogP contribution is 2.67. The van der Waals surface area contributed by atoms with Gasteiger partial charge in [0.2, 0.25) is 0 Å². The van der Waals surface area contributed by atoms with Crippen molar-refractivity contribution < 1.29 is 14.2 Å². The second-order valence-corrected chi connectivity index (χ2v) is 9.33. The Kier molecular flexibility index (Phi) is 4.74. The molecule has 3 N–H and O–H groups in total. The number of nitrogens with two attached hydrogens (primary N) is 1. The van der Waals surface area contributed by atoms with Crippen molar-refractivity contribution in [2.24, 2.45) is 16.1 Å². The number of ether oxygens (including phenoxy) is 3. The van der Waals surface area contributed by atoms with Crippen LogP contribution >= 0.6 is 0 Å². The first kappa shape index (κ1) is 20.3. The van der Waals surface area contributed by atoms with Crippen LogP contribution in [0.5, 0.6) is 5.75 Å². The minimum absolute atomic E-state index is 0.228. The predicted molar refractivity (Wildman–Crippen MR) is 121 cm³/mol. The quantitative estimate of drug-likeness (QED) is 0.550. The third-order valence-electron chi connectivity index (χ3n) is 7.50. The Morgan fingerprint density at radius 1 is 1.26 bits per heavy atom. The molecule has 164 valence electrons. The van der Waals surface area contributed by atoms with E-state index in [0.29, 0.717) is 25.5 Å². The lowest BCUT2D eigenvalue weighted by atomic mass is 9.49. The summed E-state index contributed by atoms with van der Waals surface area (Å²) >= 11 is 0. The normalized spacial score (nSPS) is 27.4. The molecule has 1 unspecified atom stereocenters. The van der Waals surface area contributed by atoms with Gasteiger partial charge in [-0.25, -0.2) is 4.99 Å². The van der Waals surface area contributed by atoms with E-state index in [0.717, 1.165) is 54.6 Å². The fourth-order valence-corrected chi connectivity index (χ4v) is 5.55. The number of hydrogen-bond acceptors (Lipinski definition) is 6. The molecule has 6 nitrogen and oxygen atoms in total. The van der Waals surface area contributed by atoms with Crippen LogP contribution in [0.2, 0.25) is 0 Å². The van der Waals surface area contributed by atoms with E-state index in [9.17, 15) is 0 Å². The molecule has 1 saturated carbocycles. The van der Waals surface area contributed by atoms with Gasteiger partial charge in [-0.05, 0) is 62.5 Å². The van der Waals surface area contributed by atoms with Crippen LogP contribution in [-0.4, -0.2) is 37.2 Å². The molecule has 6 heteroatoms. The molecular weight excluding hydrogens is 390 g/mol. The van der Waals surface area contributed by atoms with Crippen molar-refractivity contribution >= 4 is 11.7 Å². The van der Waals surface area contributed by atoms with Crippen molar-refractivity contribution in [1.82, 2.24) is 0 Å². The van der Waals surface area contributed by atoms with Crippen LogP contribution in [0.15, 0.2) is 47.0 Å². The number of allylic oxidation sites excluding steroid dienone is 4. The highest BCUT2D eigenvalue weighted by Gasteiger charge is 2.75. The van der Waals surface area contributed by atoms with Crippen molar-refractivity contribution in [1.29, 1.82) is 5.41 Å². The molecule has 3 aliphatic heterocycles. The summed E-state index contributed by atoms with van der Waals surface area (Å²) in [6, 6.07) is 6.24. The van der Waals surface area contributed by atoms with Crippen molar-refractivity contribution in [2.75, 3.05) is 19.8 Å². The number of unbranched alkanes of at least 4 members (excludes halogenated alkanes) is 1. The number of nitrogens with zero attached hydrogens (tertiary/aromatic N) is 1. The van der Waals surface area contributed by atoms with E-state index < -0.39 is 5.54 Å². The fraction of sp³-hybridized carbons (Fsp3) is 0.520. The maximum Gasteiger partial charge on any atom is 0.283 e.